The van der Waals surface area contributed by atoms with Gasteiger partial charge in [0.25, 0.3) is 0 Å². The van der Waals surface area contributed by atoms with Crippen molar-refractivity contribution in [2.45, 2.75) is 32.2 Å². The quantitative estimate of drug-likeness (QED) is 0.638. The second-order valence-corrected chi connectivity index (χ2v) is 3.61. The van der Waals surface area contributed by atoms with Crippen LogP contribution >= 0.6 is 0 Å². The van der Waals surface area contributed by atoms with E-state index in [1.54, 1.807) is 0 Å². The summed E-state index contributed by atoms with van der Waals surface area (Å²) in [7, 11) is 0. The second kappa shape index (κ2) is 2.51. The summed E-state index contributed by atoms with van der Waals surface area (Å²) in [4.78, 5) is 12.9. The molecule has 1 atom stereocenters. The van der Waals surface area contributed by atoms with Crippen molar-refractivity contribution in [2.75, 3.05) is 6.54 Å². The monoisotopic (exact) mass is 167 g/mol. The summed E-state index contributed by atoms with van der Waals surface area (Å²) in [6.45, 7) is 2.86. The van der Waals surface area contributed by atoms with Crippen LogP contribution in [-0.4, -0.2) is 28.6 Å². The summed E-state index contributed by atoms with van der Waals surface area (Å²) in [5.41, 5.74) is 1.61. The molecule has 1 saturated heterocycles. The Kier molecular flexibility index (Phi) is 1.60. The molecule has 1 fully saturated rings. The Morgan fingerprint density at radius 1 is 1.58 bits per heavy atom. The van der Waals surface area contributed by atoms with Crippen molar-refractivity contribution in [1.82, 2.24) is 4.90 Å². The van der Waals surface area contributed by atoms with Crippen LogP contribution in [0.5, 0.6) is 0 Å². The standard InChI is InChI=1S/C9H13NO2/c1-6-2-3-7-4-5-10(7)8(6)9(11)12/h7H,2-5H2,1H3,(H,11,12). The molecule has 3 nitrogen and oxygen atoms in total. The van der Waals surface area contributed by atoms with E-state index in [9.17, 15) is 4.79 Å². The molecule has 2 heterocycles. The first kappa shape index (κ1) is 7.65. The minimum Gasteiger partial charge on any atom is -0.477 e. The number of carboxylic acid groups (broad SMARTS) is 1. The zero-order valence-electron chi connectivity index (χ0n) is 7.21. The first-order valence-electron chi connectivity index (χ1n) is 4.40. The predicted octanol–water partition coefficient (Wildman–Crippen LogP) is 1.21. The number of carbonyl (C=O) groups is 1. The van der Waals surface area contributed by atoms with Gasteiger partial charge < -0.3 is 10.0 Å². The molecule has 0 aliphatic carbocycles. The topological polar surface area (TPSA) is 40.5 Å². The summed E-state index contributed by atoms with van der Waals surface area (Å²) in [6, 6.07) is 0.528. The second-order valence-electron chi connectivity index (χ2n) is 3.61. The van der Waals surface area contributed by atoms with E-state index in [-0.39, 0.29) is 0 Å². The van der Waals surface area contributed by atoms with Crippen LogP contribution in [0, 0.1) is 0 Å². The minimum absolute atomic E-state index is 0.528. The number of rotatable bonds is 1. The molecular weight excluding hydrogens is 154 g/mol. The Morgan fingerprint density at radius 2 is 2.33 bits per heavy atom. The number of carboxylic acids is 1. The Balaban J connectivity index is 2.29. The Labute approximate surface area is 71.7 Å². The number of fused-ring (bicyclic) bond motifs is 1. The summed E-state index contributed by atoms with van der Waals surface area (Å²) in [5, 5.41) is 8.93. The van der Waals surface area contributed by atoms with Crippen molar-refractivity contribution < 1.29 is 9.90 Å². The molecule has 0 aromatic carbocycles. The van der Waals surface area contributed by atoms with Crippen LogP contribution < -0.4 is 0 Å². The van der Waals surface area contributed by atoms with Crippen molar-refractivity contribution >= 4 is 5.97 Å². The number of allylic oxidation sites excluding steroid dienone is 1. The predicted molar refractivity (Wildman–Crippen MR) is 44.7 cm³/mol. The Morgan fingerprint density at radius 3 is 2.75 bits per heavy atom. The highest BCUT2D eigenvalue weighted by Gasteiger charge is 2.36. The zero-order valence-corrected chi connectivity index (χ0v) is 7.21. The van der Waals surface area contributed by atoms with Gasteiger partial charge in [0.2, 0.25) is 0 Å². The van der Waals surface area contributed by atoms with Crippen molar-refractivity contribution in [1.29, 1.82) is 0 Å². The molecule has 0 spiro atoms. The van der Waals surface area contributed by atoms with E-state index in [4.69, 9.17) is 5.11 Å². The normalized spacial score (nSPS) is 28.1. The van der Waals surface area contributed by atoms with Gasteiger partial charge in [0, 0.05) is 12.6 Å². The van der Waals surface area contributed by atoms with E-state index in [2.05, 4.69) is 0 Å². The summed E-state index contributed by atoms with van der Waals surface area (Å²) < 4.78 is 0. The molecule has 0 aromatic rings. The van der Waals surface area contributed by atoms with Crippen LogP contribution in [0.1, 0.15) is 26.2 Å². The fourth-order valence-electron chi connectivity index (χ4n) is 2.09. The van der Waals surface area contributed by atoms with Gasteiger partial charge >= 0.3 is 5.97 Å². The molecule has 0 amide bonds. The minimum atomic E-state index is -0.753. The fourth-order valence-corrected chi connectivity index (χ4v) is 2.09. The average molecular weight is 167 g/mol. The van der Waals surface area contributed by atoms with E-state index in [1.165, 1.54) is 6.42 Å². The highest BCUT2D eigenvalue weighted by atomic mass is 16.4. The molecule has 1 unspecified atom stereocenters. The Hall–Kier alpha value is -0.990. The number of hydrogen-bond acceptors (Lipinski definition) is 2. The van der Waals surface area contributed by atoms with Gasteiger partial charge in [0.1, 0.15) is 5.70 Å². The van der Waals surface area contributed by atoms with Crippen LogP contribution in [0.2, 0.25) is 0 Å². The van der Waals surface area contributed by atoms with Crippen molar-refractivity contribution in [3.63, 3.8) is 0 Å². The number of aliphatic carboxylic acids is 1. The molecular formula is C9H13NO2. The van der Waals surface area contributed by atoms with E-state index < -0.39 is 5.97 Å². The van der Waals surface area contributed by atoms with Crippen LogP contribution in [0.3, 0.4) is 0 Å². The maximum absolute atomic E-state index is 10.9. The van der Waals surface area contributed by atoms with Crippen molar-refractivity contribution in [3.8, 4) is 0 Å². The van der Waals surface area contributed by atoms with Gasteiger partial charge in [-0.3, -0.25) is 0 Å². The van der Waals surface area contributed by atoms with E-state index in [0.29, 0.717) is 11.7 Å². The third-order valence-electron chi connectivity index (χ3n) is 2.89. The molecule has 0 aromatic heterocycles. The highest BCUT2D eigenvalue weighted by molar-refractivity contribution is 5.87. The van der Waals surface area contributed by atoms with E-state index in [1.807, 2.05) is 11.8 Å². The summed E-state index contributed by atoms with van der Waals surface area (Å²) >= 11 is 0. The van der Waals surface area contributed by atoms with Gasteiger partial charge in [-0.2, -0.15) is 0 Å². The van der Waals surface area contributed by atoms with Gasteiger partial charge in [-0.1, -0.05) is 0 Å². The van der Waals surface area contributed by atoms with Crippen LogP contribution in [-0.2, 0) is 4.79 Å². The van der Waals surface area contributed by atoms with Crippen LogP contribution in [0.25, 0.3) is 0 Å². The first-order valence-corrected chi connectivity index (χ1v) is 4.40. The van der Waals surface area contributed by atoms with Crippen LogP contribution in [0.4, 0.5) is 0 Å². The molecule has 66 valence electrons. The summed E-state index contributed by atoms with van der Waals surface area (Å²) in [5.74, 6) is -0.753. The largest absolute Gasteiger partial charge is 0.477 e. The molecule has 0 saturated carbocycles. The Bertz CT molecular complexity index is 257. The number of hydrogen-bond donors (Lipinski definition) is 1. The van der Waals surface area contributed by atoms with E-state index in [0.717, 1.165) is 25.0 Å². The molecule has 2 rings (SSSR count). The van der Waals surface area contributed by atoms with E-state index >= 15 is 0 Å². The average Bonchev–Trinajstić information content (AvgIpc) is 1.94. The lowest BCUT2D eigenvalue weighted by Gasteiger charge is -2.46. The molecule has 1 N–H and O–H groups in total. The van der Waals surface area contributed by atoms with Gasteiger partial charge in [0.05, 0.1) is 0 Å². The molecule has 3 heteroatoms. The highest BCUT2D eigenvalue weighted by Crippen LogP contribution is 2.34. The molecule has 12 heavy (non-hydrogen) atoms. The van der Waals surface area contributed by atoms with Gasteiger partial charge in [-0.25, -0.2) is 4.79 Å². The number of nitrogens with zero attached hydrogens (tertiary/aromatic N) is 1. The van der Waals surface area contributed by atoms with Crippen LogP contribution in [0.15, 0.2) is 11.3 Å². The third kappa shape index (κ3) is 0.924. The SMILES string of the molecule is CC1=C(C(=O)O)N2CCC2CC1. The lowest BCUT2D eigenvalue weighted by molar-refractivity contribution is -0.136. The van der Waals surface area contributed by atoms with Crippen molar-refractivity contribution in [3.05, 3.63) is 11.3 Å². The summed E-state index contributed by atoms with van der Waals surface area (Å²) in [6.07, 6.45) is 3.27. The maximum atomic E-state index is 10.9. The first-order chi connectivity index (χ1) is 5.70. The lowest BCUT2D eigenvalue weighted by Crippen LogP contribution is -2.50. The zero-order chi connectivity index (χ0) is 8.72. The molecule has 0 bridgehead atoms. The van der Waals surface area contributed by atoms with Gasteiger partial charge in [-0.05, 0) is 31.8 Å². The third-order valence-corrected chi connectivity index (χ3v) is 2.89. The fraction of sp³-hybridized carbons (Fsp3) is 0.667. The molecule has 0 radical (unpaired) electrons. The molecule has 2 aliphatic heterocycles. The smallest absolute Gasteiger partial charge is 0.352 e. The lowest BCUT2D eigenvalue weighted by atomic mass is 9.89. The van der Waals surface area contributed by atoms with Crippen molar-refractivity contribution in [2.24, 2.45) is 0 Å². The maximum Gasteiger partial charge on any atom is 0.352 e. The molecule has 2 aliphatic rings. The van der Waals surface area contributed by atoms with Gasteiger partial charge in [0.15, 0.2) is 0 Å². The van der Waals surface area contributed by atoms with Gasteiger partial charge in [-0.15, -0.1) is 0 Å².